The quantitative estimate of drug-likeness (QED) is 0.185. The number of fused-ring (bicyclic) bond motifs is 9. The molecule has 3 heterocycles. The lowest BCUT2D eigenvalue weighted by molar-refractivity contribution is 0.668. The molecule has 11 rings (SSSR count). The molecule has 0 aliphatic carbocycles. The molecule has 0 saturated carbocycles. The van der Waals surface area contributed by atoms with Crippen LogP contribution in [0.5, 0.6) is 0 Å². The molecule has 11 aromatic rings. The monoisotopic (exact) mass is 657 g/mol. The Balaban J connectivity index is 1.22. The van der Waals surface area contributed by atoms with Crippen molar-refractivity contribution in [3.8, 4) is 33.6 Å². The molecule has 0 radical (unpaired) electrons. The van der Waals surface area contributed by atoms with Crippen molar-refractivity contribution in [2.24, 2.45) is 0 Å². The topological polar surface area (TPSA) is 23.0 Å². The fourth-order valence-electron chi connectivity index (χ4n) is 7.61. The zero-order valence-electron chi connectivity index (χ0n) is 34.1. The van der Waals surface area contributed by atoms with Crippen LogP contribution in [-0.2, 0) is 0 Å². The Hall–Kier alpha value is -6.84. The molecule has 0 saturated heterocycles. The van der Waals surface area contributed by atoms with Crippen LogP contribution in [0.1, 0.15) is 9.60 Å². The van der Waals surface area contributed by atoms with Gasteiger partial charge < -0.3 is 13.6 Å². The van der Waals surface area contributed by atoms with Gasteiger partial charge in [0.25, 0.3) is 0 Å². The third kappa shape index (κ3) is 4.25. The van der Waals surface area contributed by atoms with Crippen LogP contribution >= 0.6 is 0 Å². The van der Waals surface area contributed by atoms with Crippen molar-refractivity contribution in [3.05, 3.63) is 182 Å². The average molecular weight is 658 g/mol. The third-order valence-electron chi connectivity index (χ3n) is 9.95. The van der Waals surface area contributed by atoms with Gasteiger partial charge in [-0.15, -0.1) is 0 Å². The van der Waals surface area contributed by atoms with Gasteiger partial charge in [0.15, 0.2) is 0 Å². The molecule has 238 valence electrons. The van der Waals surface area contributed by atoms with Crippen molar-refractivity contribution in [1.82, 2.24) is 9.13 Å². The number of rotatable bonds is 4. The lowest BCUT2D eigenvalue weighted by Gasteiger charge is -2.09. The Morgan fingerprint density at radius 1 is 0.373 bits per heavy atom. The molecule has 3 heteroatoms. The molecule has 0 atom stereocenters. The van der Waals surface area contributed by atoms with E-state index < -0.39 is 12.1 Å². The van der Waals surface area contributed by atoms with E-state index in [4.69, 9.17) is 9.90 Å². The first kappa shape index (κ1) is 22.0. The van der Waals surface area contributed by atoms with Crippen molar-refractivity contribution >= 4 is 65.6 Å². The van der Waals surface area contributed by atoms with E-state index in [9.17, 15) is 4.11 Å². The number of nitrogens with zero attached hydrogens (tertiary/aromatic N) is 2. The second-order valence-electron chi connectivity index (χ2n) is 12.8. The molecule has 3 aromatic heterocycles. The van der Waals surface area contributed by atoms with Crippen LogP contribution in [0.25, 0.3) is 99.2 Å². The minimum atomic E-state index is -0.434. The lowest BCUT2D eigenvalue weighted by Crippen LogP contribution is -1.93. The summed E-state index contributed by atoms with van der Waals surface area (Å²) in [5.74, 6) is 0. The summed E-state index contributed by atoms with van der Waals surface area (Å²) in [5.41, 5.74) is 7.84. The first-order valence-corrected chi connectivity index (χ1v) is 16.9. The average Bonchev–Trinajstić information content (AvgIpc) is 3.92. The maximum absolute atomic E-state index is 9.83. The molecule has 0 fully saturated rings. The number of furan rings is 1. The minimum Gasteiger partial charge on any atom is -0.456 e. The molecule has 0 aliphatic rings. The highest BCUT2D eigenvalue weighted by Gasteiger charge is 2.17. The van der Waals surface area contributed by atoms with Gasteiger partial charge in [0, 0.05) is 49.8 Å². The van der Waals surface area contributed by atoms with Crippen molar-refractivity contribution < 1.29 is 14.0 Å². The minimum absolute atomic E-state index is 0.0919. The molecular formula is C48H30N2O. The van der Waals surface area contributed by atoms with Gasteiger partial charge in [-0.1, -0.05) is 103 Å². The van der Waals surface area contributed by atoms with Crippen LogP contribution in [0.4, 0.5) is 0 Å². The van der Waals surface area contributed by atoms with Crippen molar-refractivity contribution in [2.45, 2.75) is 0 Å². The van der Waals surface area contributed by atoms with E-state index in [1.807, 2.05) is 91.0 Å². The Labute approximate surface area is 303 Å². The van der Waals surface area contributed by atoms with Gasteiger partial charge in [-0.25, -0.2) is 0 Å². The highest BCUT2D eigenvalue weighted by atomic mass is 16.3. The maximum Gasteiger partial charge on any atom is 0.137 e. The zero-order valence-corrected chi connectivity index (χ0v) is 27.1. The summed E-state index contributed by atoms with van der Waals surface area (Å²) in [6.07, 6.45) is 0. The van der Waals surface area contributed by atoms with Crippen LogP contribution < -0.4 is 0 Å². The van der Waals surface area contributed by atoms with Crippen LogP contribution in [-0.4, -0.2) is 9.13 Å². The molecule has 0 bridgehead atoms. The zero-order chi connectivity index (χ0) is 39.6. The summed E-state index contributed by atoms with van der Waals surface area (Å²) in [6.45, 7) is 0. The first-order chi connectivity index (χ1) is 28.2. The van der Waals surface area contributed by atoms with E-state index in [0.717, 1.165) is 49.4 Å². The summed E-state index contributed by atoms with van der Waals surface area (Å²) < 4.78 is 74.5. The van der Waals surface area contributed by atoms with E-state index in [0.29, 0.717) is 22.4 Å². The van der Waals surface area contributed by atoms with Gasteiger partial charge in [0.1, 0.15) is 11.2 Å². The number of benzene rings is 8. The van der Waals surface area contributed by atoms with Crippen LogP contribution in [0.2, 0.25) is 0 Å². The molecule has 3 nitrogen and oxygen atoms in total. The third-order valence-corrected chi connectivity index (χ3v) is 9.95. The van der Waals surface area contributed by atoms with E-state index in [1.54, 1.807) is 10.6 Å². The summed E-state index contributed by atoms with van der Waals surface area (Å²) in [4.78, 5) is 0. The molecular weight excluding hydrogens is 621 g/mol. The highest BCUT2D eigenvalue weighted by Crippen LogP contribution is 2.40. The standard InChI is InChI=1S/C48H30N2O/c1-3-11-31(12-4-1)32-19-24-45-41(27-32)42-29-34(21-26-46(42)49(45)35-13-5-2-6-14-35)33-20-25-44-40(28-33)37-15-7-9-17-43(37)50(44)36-22-23-39-38-16-8-10-18-47(38)51-48(39)30-36/h1-30H/i7D,9D,15D,17D,20D,25D,28D. The van der Waals surface area contributed by atoms with Gasteiger partial charge in [0.2, 0.25) is 0 Å². The largest absolute Gasteiger partial charge is 0.456 e. The lowest BCUT2D eigenvalue weighted by atomic mass is 9.99. The summed E-state index contributed by atoms with van der Waals surface area (Å²) in [5, 5.41) is 4.00. The van der Waals surface area contributed by atoms with Gasteiger partial charge in [0.05, 0.1) is 31.7 Å². The summed E-state index contributed by atoms with van der Waals surface area (Å²) >= 11 is 0. The Morgan fingerprint density at radius 2 is 1.02 bits per heavy atom. The van der Waals surface area contributed by atoms with Crippen LogP contribution in [0.3, 0.4) is 0 Å². The molecule has 0 aliphatic heterocycles. The van der Waals surface area contributed by atoms with Gasteiger partial charge >= 0.3 is 0 Å². The summed E-state index contributed by atoms with van der Waals surface area (Å²) in [7, 11) is 0. The Kier molecular flexibility index (Phi) is 4.67. The van der Waals surface area contributed by atoms with E-state index in [2.05, 4.69) is 47.0 Å². The second kappa shape index (κ2) is 10.8. The van der Waals surface area contributed by atoms with Crippen molar-refractivity contribution in [3.63, 3.8) is 0 Å². The molecule has 0 amide bonds. The number of para-hydroxylation sites is 3. The molecule has 0 unspecified atom stereocenters. The van der Waals surface area contributed by atoms with Crippen LogP contribution in [0.15, 0.2) is 186 Å². The molecule has 0 N–H and O–H groups in total. The Bertz CT molecular complexity index is 3530. The van der Waals surface area contributed by atoms with Gasteiger partial charge in [-0.05, 0) is 95.0 Å². The number of aromatic nitrogens is 2. The molecule has 8 aromatic carbocycles. The van der Waals surface area contributed by atoms with Gasteiger partial charge in [-0.2, -0.15) is 0 Å². The molecule has 0 spiro atoms. The summed E-state index contributed by atoms with van der Waals surface area (Å²) in [6, 6.07) is 43.8. The van der Waals surface area contributed by atoms with Crippen molar-refractivity contribution in [2.75, 3.05) is 0 Å². The van der Waals surface area contributed by atoms with E-state index in [-0.39, 0.29) is 57.6 Å². The Morgan fingerprint density at radius 3 is 1.82 bits per heavy atom. The number of hydrogen-bond acceptors (Lipinski definition) is 1. The maximum atomic E-state index is 9.83. The van der Waals surface area contributed by atoms with E-state index >= 15 is 0 Å². The predicted molar refractivity (Wildman–Crippen MR) is 213 cm³/mol. The fourth-order valence-corrected chi connectivity index (χ4v) is 7.61. The predicted octanol–water partition coefficient (Wildman–Crippen LogP) is 13.1. The highest BCUT2D eigenvalue weighted by molar-refractivity contribution is 6.14. The second-order valence-corrected chi connectivity index (χ2v) is 12.8. The molecule has 51 heavy (non-hydrogen) atoms. The normalized spacial score (nSPS) is 13.8. The smallest absolute Gasteiger partial charge is 0.137 e. The number of hydrogen-bond donors (Lipinski definition) is 0. The fraction of sp³-hybridized carbons (Fsp3) is 0. The van der Waals surface area contributed by atoms with Crippen LogP contribution in [0, 0.1) is 0 Å². The SMILES string of the molecule is [2H]c1c([2H])c([2H])c2c(c1[2H])c1c([2H])c(-c3ccc4c(c3)c3cc(-c5ccccc5)ccc3n4-c3ccccc3)c([2H])c([2H])c1n2-c1ccc2c(c1)oc1ccccc12. The first-order valence-electron chi connectivity index (χ1n) is 20.4. The van der Waals surface area contributed by atoms with E-state index in [1.165, 1.54) is 0 Å². The van der Waals surface area contributed by atoms with Crippen molar-refractivity contribution in [1.29, 1.82) is 0 Å². The van der Waals surface area contributed by atoms with Gasteiger partial charge in [-0.3, -0.25) is 0 Å².